The van der Waals surface area contributed by atoms with Crippen LogP contribution in [-0.4, -0.2) is 30.9 Å². The van der Waals surface area contributed by atoms with Gasteiger partial charge in [-0.3, -0.25) is 19.4 Å². The zero-order chi connectivity index (χ0) is 27.8. The van der Waals surface area contributed by atoms with Crippen LogP contribution in [0.1, 0.15) is 26.3 Å². The van der Waals surface area contributed by atoms with Gasteiger partial charge in [0.1, 0.15) is 17.8 Å². The first-order chi connectivity index (χ1) is 19.0. The lowest BCUT2D eigenvalue weighted by Gasteiger charge is -2.23. The molecule has 0 heterocycles. The molecule has 0 aliphatic heterocycles. The van der Waals surface area contributed by atoms with Crippen LogP contribution in [-0.2, 0) is 0 Å². The molecule has 0 bridgehead atoms. The molecule has 0 saturated carbocycles. The molecular formula is C30H26Cl2N4O3. The number of hydrogen-bond acceptors (Lipinski definition) is 5. The zero-order valence-electron chi connectivity index (χ0n) is 21.4. The Hall–Kier alpha value is -4.20. The summed E-state index contributed by atoms with van der Waals surface area (Å²) in [6, 6.07) is 28.4. The molecule has 4 aromatic rings. The van der Waals surface area contributed by atoms with Gasteiger partial charge in [-0.1, -0.05) is 36.4 Å². The van der Waals surface area contributed by atoms with Gasteiger partial charge in [-0.25, -0.2) is 0 Å². The van der Waals surface area contributed by atoms with Gasteiger partial charge in [0.05, 0.1) is 24.2 Å². The third kappa shape index (κ3) is 6.45. The molecule has 198 valence electrons. The van der Waals surface area contributed by atoms with Gasteiger partial charge in [-0.2, -0.15) is 10.2 Å². The van der Waals surface area contributed by atoms with Gasteiger partial charge in [-0.05, 0) is 67.1 Å². The van der Waals surface area contributed by atoms with Gasteiger partial charge in [0.25, 0.3) is 11.8 Å². The van der Waals surface area contributed by atoms with Gasteiger partial charge in [0.2, 0.25) is 0 Å². The van der Waals surface area contributed by atoms with E-state index in [2.05, 4.69) is 10.2 Å². The number of methoxy groups -OCH3 is 1. The Bertz CT molecular complexity index is 1460. The molecule has 0 aliphatic rings. The maximum Gasteiger partial charge on any atom is 0.259 e. The second-order valence-corrected chi connectivity index (χ2v) is 8.94. The highest BCUT2D eigenvalue weighted by Gasteiger charge is 2.22. The molecule has 0 unspecified atom stereocenters. The predicted octanol–water partition coefficient (Wildman–Crippen LogP) is 8.11. The molecule has 7 nitrogen and oxygen atoms in total. The van der Waals surface area contributed by atoms with E-state index in [0.29, 0.717) is 39.6 Å². The standard InChI is InChI=1S/C30H26Cl2N4O3/c1-21-17-27(36(20-32)30(38)23-11-7-4-8-12-23)28(39-2)18-26(21)34-33-24-13-15-25(16-14-24)35(19-31)29(37)22-9-5-3-6-10-22/h3-18H,19-20H2,1-2H3. The summed E-state index contributed by atoms with van der Waals surface area (Å²) < 4.78 is 5.57. The van der Waals surface area contributed by atoms with E-state index in [1.54, 1.807) is 84.9 Å². The number of alkyl halides is 2. The Kier molecular flexibility index (Phi) is 9.31. The number of rotatable bonds is 9. The van der Waals surface area contributed by atoms with E-state index in [0.717, 1.165) is 5.56 Å². The van der Waals surface area contributed by atoms with Crippen molar-refractivity contribution in [3.8, 4) is 5.75 Å². The molecule has 4 rings (SSSR count). The SMILES string of the molecule is COc1cc(N=Nc2ccc(N(CCl)C(=O)c3ccccc3)cc2)c(C)cc1N(CCl)C(=O)c1ccccc1. The molecule has 4 aromatic carbocycles. The average Bonchev–Trinajstić information content (AvgIpc) is 2.99. The maximum absolute atomic E-state index is 13.1. The summed E-state index contributed by atoms with van der Waals surface area (Å²) in [5.41, 5.74) is 4.18. The Balaban J connectivity index is 1.55. The summed E-state index contributed by atoms with van der Waals surface area (Å²) in [6.07, 6.45) is 0. The van der Waals surface area contributed by atoms with E-state index in [1.165, 1.54) is 16.9 Å². The summed E-state index contributed by atoms with van der Waals surface area (Å²) in [5.74, 6) is 0.000955. The molecular weight excluding hydrogens is 535 g/mol. The van der Waals surface area contributed by atoms with Crippen molar-refractivity contribution in [2.45, 2.75) is 6.92 Å². The summed E-state index contributed by atoms with van der Waals surface area (Å²) >= 11 is 12.3. The number of hydrogen-bond donors (Lipinski definition) is 0. The van der Waals surface area contributed by atoms with Crippen LogP contribution in [0.3, 0.4) is 0 Å². The second kappa shape index (κ2) is 13.0. The number of carbonyl (C=O) groups excluding carboxylic acids is 2. The topological polar surface area (TPSA) is 74.6 Å². The van der Waals surface area contributed by atoms with Crippen molar-refractivity contribution in [2.75, 3.05) is 28.9 Å². The van der Waals surface area contributed by atoms with Crippen molar-refractivity contribution in [3.05, 3.63) is 114 Å². The Morgan fingerprint density at radius 2 is 1.28 bits per heavy atom. The van der Waals surface area contributed by atoms with Crippen LogP contribution >= 0.6 is 23.2 Å². The molecule has 0 saturated heterocycles. The van der Waals surface area contributed by atoms with E-state index < -0.39 is 0 Å². The second-order valence-electron chi connectivity index (χ2n) is 8.46. The fourth-order valence-corrected chi connectivity index (χ4v) is 4.38. The molecule has 0 aliphatic carbocycles. The summed E-state index contributed by atoms with van der Waals surface area (Å²) in [7, 11) is 1.52. The van der Waals surface area contributed by atoms with Crippen LogP contribution < -0.4 is 14.5 Å². The fourth-order valence-electron chi connectivity index (χ4n) is 3.90. The summed E-state index contributed by atoms with van der Waals surface area (Å²) in [4.78, 5) is 28.9. The van der Waals surface area contributed by atoms with Crippen LogP contribution in [0.25, 0.3) is 0 Å². The lowest BCUT2D eigenvalue weighted by molar-refractivity contribution is 0.0983. The molecule has 0 radical (unpaired) electrons. The lowest BCUT2D eigenvalue weighted by Crippen LogP contribution is -2.30. The monoisotopic (exact) mass is 560 g/mol. The first-order valence-corrected chi connectivity index (χ1v) is 13.1. The van der Waals surface area contributed by atoms with E-state index in [4.69, 9.17) is 27.9 Å². The van der Waals surface area contributed by atoms with E-state index >= 15 is 0 Å². The normalized spacial score (nSPS) is 10.9. The minimum absolute atomic E-state index is 0.00598. The number of ether oxygens (including phenoxy) is 1. The number of halogens is 2. The quantitative estimate of drug-likeness (QED) is 0.118. The van der Waals surface area contributed by atoms with Crippen molar-refractivity contribution in [1.29, 1.82) is 0 Å². The summed E-state index contributed by atoms with van der Waals surface area (Å²) in [6.45, 7) is 1.87. The Labute approximate surface area is 237 Å². The molecule has 0 spiro atoms. The Morgan fingerprint density at radius 3 is 1.79 bits per heavy atom. The van der Waals surface area contributed by atoms with E-state index in [9.17, 15) is 9.59 Å². The third-order valence-electron chi connectivity index (χ3n) is 5.99. The first kappa shape index (κ1) is 27.8. The maximum atomic E-state index is 13.1. The van der Waals surface area contributed by atoms with Gasteiger partial charge in [0.15, 0.2) is 0 Å². The minimum Gasteiger partial charge on any atom is -0.494 e. The van der Waals surface area contributed by atoms with E-state index in [-0.39, 0.29) is 23.8 Å². The highest BCUT2D eigenvalue weighted by Crippen LogP contribution is 2.37. The van der Waals surface area contributed by atoms with E-state index in [1.807, 2.05) is 19.1 Å². The molecule has 2 amide bonds. The fraction of sp³-hybridized carbons (Fsp3) is 0.133. The number of aryl methyl sites for hydroxylation is 1. The van der Waals surface area contributed by atoms with Crippen molar-refractivity contribution in [3.63, 3.8) is 0 Å². The van der Waals surface area contributed by atoms with Crippen molar-refractivity contribution >= 4 is 57.8 Å². The number of azo groups is 1. The third-order valence-corrected chi connectivity index (χ3v) is 6.47. The number of amides is 2. The number of nitrogens with zero attached hydrogens (tertiary/aromatic N) is 4. The highest BCUT2D eigenvalue weighted by molar-refractivity contribution is 6.23. The predicted molar refractivity (Wildman–Crippen MR) is 156 cm³/mol. The largest absolute Gasteiger partial charge is 0.494 e. The molecule has 0 aromatic heterocycles. The highest BCUT2D eigenvalue weighted by atomic mass is 35.5. The molecule has 0 N–H and O–H groups in total. The number of anilines is 2. The molecule has 9 heteroatoms. The smallest absolute Gasteiger partial charge is 0.259 e. The minimum atomic E-state index is -0.241. The number of benzene rings is 4. The molecule has 0 atom stereocenters. The van der Waals surface area contributed by atoms with Crippen LogP contribution in [0, 0.1) is 6.92 Å². The van der Waals surface area contributed by atoms with Crippen molar-refractivity contribution in [1.82, 2.24) is 0 Å². The van der Waals surface area contributed by atoms with Crippen LogP contribution in [0.2, 0.25) is 0 Å². The van der Waals surface area contributed by atoms with Gasteiger partial charge in [0, 0.05) is 22.9 Å². The van der Waals surface area contributed by atoms with Gasteiger partial charge < -0.3 is 4.74 Å². The average molecular weight is 561 g/mol. The van der Waals surface area contributed by atoms with Crippen molar-refractivity contribution in [2.24, 2.45) is 10.2 Å². The Morgan fingerprint density at radius 1 is 0.744 bits per heavy atom. The van der Waals surface area contributed by atoms with Gasteiger partial charge >= 0.3 is 0 Å². The number of carbonyl (C=O) groups is 2. The van der Waals surface area contributed by atoms with Crippen LogP contribution in [0.5, 0.6) is 5.75 Å². The first-order valence-electron chi connectivity index (χ1n) is 12.0. The van der Waals surface area contributed by atoms with Gasteiger partial charge in [-0.15, -0.1) is 23.2 Å². The van der Waals surface area contributed by atoms with Crippen LogP contribution in [0.4, 0.5) is 22.7 Å². The lowest BCUT2D eigenvalue weighted by atomic mass is 10.1. The zero-order valence-corrected chi connectivity index (χ0v) is 22.9. The summed E-state index contributed by atoms with van der Waals surface area (Å²) in [5, 5.41) is 8.74. The van der Waals surface area contributed by atoms with Crippen LogP contribution in [0.15, 0.2) is 107 Å². The molecule has 0 fully saturated rings. The molecule has 39 heavy (non-hydrogen) atoms. The van der Waals surface area contributed by atoms with Crippen molar-refractivity contribution < 1.29 is 14.3 Å².